The molecule has 34 heavy (non-hydrogen) atoms. The number of anilines is 1. The lowest BCUT2D eigenvalue weighted by Crippen LogP contribution is -2.49. The van der Waals surface area contributed by atoms with Gasteiger partial charge in [-0.2, -0.15) is 5.10 Å². The van der Waals surface area contributed by atoms with Crippen LogP contribution in [-0.4, -0.2) is 45.7 Å². The van der Waals surface area contributed by atoms with Crippen molar-refractivity contribution in [1.82, 2.24) is 20.4 Å². The minimum absolute atomic E-state index is 0.143. The van der Waals surface area contributed by atoms with Crippen LogP contribution in [0.1, 0.15) is 52.4 Å². The number of hydrogen-bond acceptors (Lipinski definition) is 7. The van der Waals surface area contributed by atoms with Gasteiger partial charge in [0.15, 0.2) is 5.82 Å². The van der Waals surface area contributed by atoms with Crippen LogP contribution in [0.2, 0.25) is 0 Å². The molecule has 2 aliphatic carbocycles. The maximum atomic E-state index is 10.7. The Morgan fingerprint density at radius 2 is 1.74 bits per heavy atom. The molecule has 2 bridgehead atoms. The van der Waals surface area contributed by atoms with Crippen LogP contribution in [0.3, 0.4) is 0 Å². The van der Waals surface area contributed by atoms with Crippen molar-refractivity contribution in [2.45, 2.75) is 58.4 Å². The van der Waals surface area contributed by atoms with Gasteiger partial charge >= 0.3 is 0 Å². The summed E-state index contributed by atoms with van der Waals surface area (Å²) in [7, 11) is 3.69. The zero-order valence-electron chi connectivity index (χ0n) is 20.5. The smallest absolute Gasteiger partial charge is 0.233 e. The lowest BCUT2D eigenvalue weighted by Gasteiger charge is -2.54. The summed E-state index contributed by atoms with van der Waals surface area (Å²) in [4.78, 5) is 2.31. The van der Waals surface area contributed by atoms with Crippen LogP contribution in [0.4, 0.5) is 5.82 Å². The first-order valence-corrected chi connectivity index (χ1v) is 12.0. The molecule has 0 aliphatic heterocycles. The lowest BCUT2D eigenvalue weighted by molar-refractivity contribution is 0.0141. The van der Waals surface area contributed by atoms with E-state index in [9.17, 15) is 5.11 Å². The second-order valence-corrected chi connectivity index (χ2v) is 10.8. The van der Waals surface area contributed by atoms with E-state index >= 15 is 0 Å². The lowest BCUT2D eigenvalue weighted by atomic mass is 9.55. The average Bonchev–Trinajstić information content (AvgIpc) is 2.82. The molecule has 5 rings (SSSR count). The van der Waals surface area contributed by atoms with E-state index in [-0.39, 0.29) is 5.75 Å². The van der Waals surface area contributed by atoms with Crippen molar-refractivity contribution in [2.75, 3.05) is 19.1 Å². The Kier molecular flexibility index (Phi) is 5.66. The molecule has 0 saturated heterocycles. The van der Waals surface area contributed by atoms with Gasteiger partial charge in [-0.05, 0) is 72.8 Å². The van der Waals surface area contributed by atoms with Gasteiger partial charge in [0.25, 0.3) is 0 Å². The number of rotatable bonds is 5. The number of benzene rings is 1. The normalized spacial score (nSPS) is 26.2. The first kappa shape index (κ1) is 22.6. The molecule has 0 amide bonds. The van der Waals surface area contributed by atoms with E-state index in [2.05, 4.69) is 46.2 Å². The Hall–Kier alpha value is -3.22. The summed E-state index contributed by atoms with van der Waals surface area (Å²) in [6.07, 6.45) is 9.41. The number of hydrogen-bond donors (Lipinski definition) is 1. The van der Waals surface area contributed by atoms with Crippen molar-refractivity contribution in [1.29, 1.82) is 0 Å². The van der Waals surface area contributed by atoms with Gasteiger partial charge < -0.3 is 14.7 Å². The molecule has 1 aromatic carbocycles. The summed E-state index contributed by atoms with van der Waals surface area (Å²) in [6, 6.07) is 11.7. The molecule has 2 aromatic heterocycles. The molecule has 1 N–H and O–H groups in total. The molecule has 2 fully saturated rings. The third kappa shape index (κ3) is 4.31. The number of methoxy groups -OCH3 is 1. The van der Waals surface area contributed by atoms with E-state index in [4.69, 9.17) is 4.74 Å². The van der Waals surface area contributed by atoms with E-state index in [1.165, 1.54) is 38.5 Å². The Balaban J connectivity index is 1.35. The number of aromatic hydroxyl groups is 1. The molecule has 0 spiro atoms. The highest BCUT2D eigenvalue weighted by Gasteiger charge is 2.47. The largest absolute Gasteiger partial charge is 0.507 e. The summed E-state index contributed by atoms with van der Waals surface area (Å²) < 4.78 is 5.15. The minimum atomic E-state index is 0.143. The fourth-order valence-electron chi connectivity index (χ4n) is 6.36. The van der Waals surface area contributed by atoms with Crippen LogP contribution in [0.15, 0.2) is 42.6 Å². The van der Waals surface area contributed by atoms with Gasteiger partial charge in [0.05, 0.1) is 19.0 Å². The molecule has 2 saturated carbocycles. The first-order chi connectivity index (χ1) is 16.3. The van der Waals surface area contributed by atoms with Crippen molar-refractivity contribution in [2.24, 2.45) is 10.8 Å². The predicted molar refractivity (Wildman–Crippen MR) is 133 cm³/mol. The minimum Gasteiger partial charge on any atom is -0.507 e. The summed E-state index contributed by atoms with van der Waals surface area (Å²) in [6.45, 7) is 4.92. The Morgan fingerprint density at radius 1 is 0.971 bits per heavy atom. The average molecular weight is 460 g/mol. The molecular formula is C27H33N5O2. The second-order valence-electron chi connectivity index (χ2n) is 10.8. The topological polar surface area (TPSA) is 84.3 Å². The second kappa shape index (κ2) is 8.53. The van der Waals surface area contributed by atoms with Crippen molar-refractivity contribution in [3.8, 4) is 34.0 Å². The Labute approximate surface area is 201 Å². The van der Waals surface area contributed by atoms with E-state index < -0.39 is 0 Å². The van der Waals surface area contributed by atoms with Gasteiger partial charge in [-0.25, -0.2) is 0 Å². The van der Waals surface area contributed by atoms with Gasteiger partial charge in [0.1, 0.15) is 5.75 Å². The quantitative estimate of drug-likeness (QED) is 0.539. The van der Waals surface area contributed by atoms with Gasteiger partial charge in [-0.15, -0.1) is 15.3 Å². The number of ether oxygens (including phenoxy) is 1. The number of phenolic OH excluding ortho intramolecular Hbond substituents is 1. The summed E-state index contributed by atoms with van der Waals surface area (Å²) in [5.41, 5.74) is 3.79. The summed E-state index contributed by atoms with van der Waals surface area (Å²) >= 11 is 0. The van der Waals surface area contributed by atoms with Crippen molar-refractivity contribution in [3.05, 3.63) is 42.6 Å². The zero-order chi connectivity index (χ0) is 23.9. The molecule has 7 heteroatoms. The molecule has 0 radical (unpaired) electrons. The van der Waals surface area contributed by atoms with Gasteiger partial charge in [0.2, 0.25) is 5.88 Å². The molecule has 3 atom stereocenters. The Bertz CT molecular complexity index is 1170. The third-order valence-electron chi connectivity index (χ3n) is 7.88. The van der Waals surface area contributed by atoms with Gasteiger partial charge in [-0.1, -0.05) is 26.3 Å². The van der Waals surface area contributed by atoms with Crippen molar-refractivity contribution < 1.29 is 9.84 Å². The summed E-state index contributed by atoms with van der Waals surface area (Å²) in [5.74, 6) is 1.45. The molecule has 2 aliphatic rings. The molecule has 2 heterocycles. The molecule has 3 aromatic rings. The number of nitrogens with zero attached hydrogens (tertiary/aromatic N) is 5. The van der Waals surface area contributed by atoms with Crippen LogP contribution in [0, 0.1) is 10.8 Å². The number of phenols is 1. The fraction of sp³-hybridized carbons (Fsp3) is 0.481. The highest BCUT2D eigenvalue weighted by molar-refractivity contribution is 5.74. The van der Waals surface area contributed by atoms with Crippen LogP contribution in [0.25, 0.3) is 22.4 Å². The third-order valence-corrected chi connectivity index (χ3v) is 7.88. The molecule has 1 unspecified atom stereocenters. The first-order valence-electron chi connectivity index (χ1n) is 12.0. The molecule has 178 valence electrons. The van der Waals surface area contributed by atoms with Crippen LogP contribution < -0.4 is 9.64 Å². The number of fused-ring (bicyclic) bond motifs is 2. The predicted octanol–water partition coefficient (Wildman–Crippen LogP) is 5.50. The maximum Gasteiger partial charge on any atom is 0.233 e. The van der Waals surface area contributed by atoms with E-state index in [0.29, 0.717) is 34.0 Å². The number of aromatic nitrogens is 4. The van der Waals surface area contributed by atoms with Crippen molar-refractivity contribution in [3.63, 3.8) is 0 Å². The molecular weight excluding hydrogens is 426 g/mol. The van der Waals surface area contributed by atoms with Crippen LogP contribution >= 0.6 is 0 Å². The van der Waals surface area contributed by atoms with E-state index in [0.717, 1.165) is 16.9 Å². The molecule has 7 nitrogen and oxygen atoms in total. The van der Waals surface area contributed by atoms with Crippen LogP contribution in [-0.2, 0) is 0 Å². The SMILES string of the molecule is COc1cc(-c2ccc(-c3ccc(N(C)C4C[C@]5(C)CCC[C@](C)(C4)C5)nn3)c(O)c2)cnn1. The van der Waals surface area contributed by atoms with E-state index in [1.54, 1.807) is 25.4 Å². The van der Waals surface area contributed by atoms with Crippen LogP contribution in [0.5, 0.6) is 11.6 Å². The van der Waals surface area contributed by atoms with Gasteiger partial charge in [0, 0.05) is 30.3 Å². The monoisotopic (exact) mass is 459 g/mol. The maximum absolute atomic E-state index is 10.7. The van der Waals surface area contributed by atoms with Gasteiger partial charge in [-0.3, -0.25) is 0 Å². The standard InChI is InChI=1S/C27H33N5O2/c1-26-10-5-11-27(2,17-26)15-20(14-26)32(3)24-9-8-22(29-30-24)21-7-6-18(12-23(21)33)19-13-25(34-4)31-28-16-19/h6-9,12-13,16,20,33H,5,10-11,14-15,17H2,1-4H3/t20?,26-,27+. The highest BCUT2D eigenvalue weighted by atomic mass is 16.5. The Morgan fingerprint density at radius 3 is 2.38 bits per heavy atom. The van der Waals surface area contributed by atoms with E-state index in [1.807, 2.05) is 24.3 Å². The zero-order valence-corrected chi connectivity index (χ0v) is 20.5. The highest BCUT2D eigenvalue weighted by Crippen LogP contribution is 2.56. The summed E-state index contributed by atoms with van der Waals surface area (Å²) in [5, 5.41) is 27.6. The fourth-order valence-corrected chi connectivity index (χ4v) is 6.36. The van der Waals surface area contributed by atoms with Crippen molar-refractivity contribution >= 4 is 5.82 Å².